The van der Waals surface area contributed by atoms with Crippen LogP contribution in [0.15, 0.2) is 28.6 Å². The first kappa shape index (κ1) is 18.8. The van der Waals surface area contributed by atoms with Crippen LogP contribution in [0.4, 0.5) is 16.5 Å². The smallest absolute Gasteiger partial charge is 0.271 e. The Hall–Kier alpha value is -2.53. The van der Waals surface area contributed by atoms with Crippen molar-refractivity contribution in [3.63, 3.8) is 0 Å². The van der Waals surface area contributed by atoms with Crippen molar-refractivity contribution in [2.75, 3.05) is 10.6 Å². The lowest BCUT2D eigenvalue weighted by molar-refractivity contribution is -0.384. The molecule has 2 amide bonds. The molecular formula is C14H15N5O4S2. The van der Waals surface area contributed by atoms with Gasteiger partial charge in [-0.2, -0.15) is 0 Å². The molecule has 0 saturated carbocycles. The largest absolute Gasteiger partial charge is 0.325 e. The van der Waals surface area contributed by atoms with E-state index in [1.165, 1.54) is 48.2 Å². The highest BCUT2D eigenvalue weighted by atomic mass is 32.2. The maximum absolute atomic E-state index is 12.4. The number of benzene rings is 1. The van der Waals surface area contributed by atoms with Gasteiger partial charge in [0.2, 0.25) is 16.9 Å². The minimum Gasteiger partial charge on any atom is -0.325 e. The number of carbonyl (C=O) groups is 2. The fourth-order valence-corrected chi connectivity index (χ4v) is 3.79. The summed E-state index contributed by atoms with van der Waals surface area (Å²) in [6.07, 6.45) is 0.528. The van der Waals surface area contributed by atoms with Gasteiger partial charge in [-0.1, -0.05) is 36.1 Å². The molecule has 0 aliphatic carbocycles. The Morgan fingerprint density at radius 2 is 2.12 bits per heavy atom. The number of hydrogen-bond acceptors (Lipinski definition) is 8. The summed E-state index contributed by atoms with van der Waals surface area (Å²) in [6, 6.07) is 5.75. The third kappa shape index (κ3) is 5.50. The van der Waals surface area contributed by atoms with E-state index in [0.717, 1.165) is 0 Å². The van der Waals surface area contributed by atoms with Crippen LogP contribution in [0.3, 0.4) is 0 Å². The van der Waals surface area contributed by atoms with E-state index >= 15 is 0 Å². The third-order valence-electron chi connectivity index (χ3n) is 2.92. The quantitative estimate of drug-likeness (QED) is 0.327. The number of anilines is 2. The van der Waals surface area contributed by atoms with Crippen molar-refractivity contribution in [3.8, 4) is 0 Å². The highest BCUT2D eigenvalue weighted by Crippen LogP contribution is 2.31. The van der Waals surface area contributed by atoms with Crippen LogP contribution in [-0.2, 0) is 9.59 Å². The molecule has 2 aromatic rings. The van der Waals surface area contributed by atoms with Crippen LogP contribution in [0.5, 0.6) is 0 Å². The number of amides is 2. The van der Waals surface area contributed by atoms with Gasteiger partial charge in [0.05, 0.1) is 10.2 Å². The lowest BCUT2D eigenvalue weighted by atomic mass is 10.2. The highest BCUT2D eigenvalue weighted by Gasteiger charge is 2.21. The van der Waals surface area contributed by atoms with Crippen LogP contribution >= 0.6 is 23.1 Å². The average Bonchev–Trinajstić information content (AvgIpc) is 2.99. The lowest BCUT2D eigenvalue weighted by Crippen LogP contribution is -2.24. The number of nitro benzene ring substituents is 1. The number of rotatable bonds is 7. The van der Waals surface area contributed by atoms with Crippen LogP contribution in [0, 0.1) is 10.1 Å². The molecule has 2 rings (SSSR count). The topological polar surface area (TPSA) is 127 Å². The fraction of sp³-hybridized carbons (Fsp3) is 0.286. The summed E-state index contributed by atoms with van der Waals surface area (Å²) in [7, 11) is 0. The van der Waals surface area contributed by atoms with Crippen molar-refractivity contribution >= 4 is 51.4 Å². The number of nitro groups is 1. The Morgan fingerprint density at radius 1 is 1.36 bits per heavy atom. The molecule has 0 aliphatic heterocycles. The molecule has 11 heteroatoms. The van der Waals surface area contributed by atoms with Gasteiger partial charge in [0, 0.05) is 24.7 Å². The minimum absolute atomic E-state index is 0.0948. The van der Waals surface area contributed by atoms with Gasteiger partial charge in [-0.05, 0) is 12.5 Å². The molecule has 0 spiro atoms. The monoisotopic (exact) mass is 381 g/mol. The third-order valence-corrected chi connectivity index (χ3v) is 5.21. The molecule has 132 valence electrons. The lowest BCUT2D eigenvalue weighted by Gasteiger charge is -2.12. The molecule has 1 atom stereocenters. The van der Waals surface area contributed by atoms with Gasteiger partial charge >= 0.3 is 0 Å². The van der Waals surface area contributed by atoms with Crippen LogP contribution in [0.1, 0.15) is 20.3 Å². The molecular weight excluding hydrogens is 366 g/mol. The average molecular weight is 381 g/mol. The number of nitrogens with one attached hydrogen (secondary N) is 2. The SMILES string of the molecule is CCC(Sc1nnc(NC(C)=O)s1)C(=O)Nc1cccc([N+](=O)[O-])c1. The van der Waals surface area contributed by atoms with Gasteiger partial charge in [0.25, 0.3) is 5.69 Å². The maximum atomic E-state index is 12.4. The summed E-state index contributed by atoms with van der Waals surface area (Å²) in [6.45, 7) is 3.22. The molecule has 1 aromatic carbocycles. The predicted molar refractivity (Wildman–Crippen MR) is 95.9 cm³/mol. The second kappa shape index (κ2) is 8.53. The summed E-state index contributed by atoms with van der Waals surface area (Å²) in [5, 5.41) is 23.7. The molecule has 0 saturated heterocycles. The number of nitrogens with zero attached hydrogens (tertiary/aromatic N) is 3. The van der Waals surface area contributed by atoms with E-state index < -0.39 is 10.2 Å². The van der Waals surface area contributed by atoms with Crippen LogP contribution < -0.4 is 10.6 Å². The van der Waals surface area contributed by atoms with Crippen molar-refractivity contribution in [1.82, 2.24) is 10.2 Å². The molecule has 9 nitrogen and oxygen atoms in total. The van der Waals surface area contributed by atoms with E-state index in [9.17, 15) is 19.7 Å². The first-order chi connectivity index (χ1) is 11.9. The van der Waals surface area contributed by atoms with Crippen molar-refractivity contribution in [1.29, 1.82) is 0 Å². The van der Waals surface area contributed by atoms with Crippen molar-refractivity contribution in [2.45, 2.75) is 29.9 Å². The van der Waals surface area contributed by atoms with Crippen molar-refractivity contribution in [2.24, 2.45) is 0 Å². The zero-order chi connectivity index (χ0) is 18.4. The summed E-state index contributed by atoms with van der Waals surface area (Å²) in [4.78, 5) is 33.7. The molecule has 1 unspecified atom stereocenters. The van der Waals surface area contributed by atoms with Gasteiger partial charge < -0.3 is 10.6 Å². The number of thioether (sulfide) groups is 1. The molecule has 1 heterocycles. The van der Waals surface area contributed by atoms with Gasteiger partial charge in [0.15, 0.2) is 4.34 Å². The Bertz CT molecular complexity index is 795. The van der Waals surface area contributed by atoms with E-state index in [0.29, 0.717) is 21.6 Å². The minimum atomic E-state index is -0.521. The first-order valence-corrected chi connectivity index (χ1v) is 8.91. The molecule has 0 bridgehead atoms. The van der Waals surface area contributed by atoms with Gasteiger partial charge in [-0.15, -0.1) is 10.2 Å². The van der Waals surface area contributed by atoms with Crippen molar-refractivity contribution < 1.29 is 14.5 Å². The fourth-order valence-electron chi connectivity index (χ4n) is 1.82. The zero-order valence-corrected chi connectivity index (χ0v) is 15.0. The second-order valence-electron chi connectivity index (χ2n) is 4.87. The van der Waals surface area contributed by atoms with E-state index in [-0.39, 0.29) is 17.5 Å². The standard InChI is InChI=1S/C14H15N5O4S2/c1-3-11(24-14-18-17-13(25-14)15-8(2)20)12(21)16-9-5-4-6-10(7-9)19(22)23/h4-7,11H,3H2,1-2H3,(H,16,21)(H,15,17,20). The number of non-ortho nitro benzene ring substituents is 1. The molecule has 0 aliphatic rings. The van der Waals surface area contributed by atoms with Crippen molar-refractivity contribution in [3.05, 3.63) is 34.4 Å². The zero-order valence-electron chi connectivity index (χ0n) is 13.4. The number of aromatic nitrogens is 2. The van der Waals surface area contributed by atoms with Crippen LogP contribution in [-0.4, -0.2) is 32.2 Å². The summed E-state index contributed by atoms with van der Waals surface area (Å²) in [5.74, 6) is -0.535. The predicted octanol–water partition coefficient (Wildman–Crippen LogP) is 2.91. The van der Waals surface area contributed by atoms with Gasteiger partial charge in [-0.25, -0.2) is 0 Å². The van der Waals surface area contributed by atoms with Crippen LogP contribution in [0.25, 0.3) is 0 Å². The Labute approximate surface area is 151 Å². The second-order valence-corrected chi connectivity index (χ2v) is 7.29. The summed E-state index contributed by atoms with van der Waals surface area (Å²) in [5.41, 5.74) is 0.261. The normalized spacial score (nSPS) is 11.6. The van der Waals surface area contributed by atoms with Crippen LogP contribution in [0.2, 0.25) is 0 Å². The summed E-state index contributed by atoms with van der Waals surface area (Å²) < 4.78 is 0.546. The summed E-state index contributed by atoms with van der Waals surface area (Å²) >= 11 is 2.40. The molecule has 25 heavy (non-hydrogen) atoms. The molecule has 2 N–H and O–H groups in total. The first-order valence-electron chi connectivity index (χ1n) is 7.22. The van der Waals surface area contributed by atoms with E-state index in [2.05, 4.69) is 20.8 Å². The molecule has 1 aromatic heterocycles. The maximum Gasteiger partial charge on any atom is 0.271 e. The Kier molecular flexibility index (Phi) is 6.42. The Balaban J connectivity index is 2.03. The van der Waals surface area contributed by atoms with E-state index in [4.69, 9.17) is 0 Å². The van der Waals surface area contributed by atoms with Gasteiger partial charge in [-0.3, -0.25) is 19.7 Å². The van der Waals surface area contributed by atoms with E-state index in [1.54, 1.807) is 6.07 Å². The number of carbonyl (C=O) groups excluding carboxylic acids is 2. The molecule has 0 radical (unpaired) electrons. The van der Waals surface area contributed by atoms with E-state index in [1.807, 2.05) is 6.92 Å². The van der Waals surface area contributed by atoms with Gasteiger partial charge in [0.1, 0.15) is 0 Å². The molecule has 0 fully saturated rings. The number of hydrogen-bond donors (Lipinski definition) is 2. The highest BCUT2D eigenvalue weighted by molar-refractivity contribution is 8.02. The Morgan fingerprint density at radius 3 is 2.76 bits per heavy atom.